The minimum absolute atomic E-state index is 0.167. The van der Waals surface area contributed by atoms with Gasteiger partial charge in [-0.2, -0.15) is 0 Å². The van der Waals surface area contributed by atoms with Crippen molar-refractivity contribution in [1.82, 2.24) is 9.47 Å². The van der Waals surface area contributed by atoms with E-state index in [0.717, 1.165) is 31.5 Å². The predicted octanol–water partition coefficient (Wildman–Crippen LogP) is 4.93. The van der Waals surface area contributed by atoms with Crippen LogP contribution in [0, 0.1) is 5.92 Å². The summed E-state index contributed by atoms with van der Waals surface area (Å²) in [5, 5.41) is 0.211. The molecule has 0 aliphatic rings. The predicted molar refractivity (Wildman–Crippen MR) is 167 cm³/mol. The number of pyridine rings is 1. The van der Waals surface area contributed by atoms with Crippen molar-refractivity contribution in [2.45, 2.75) is 85.0 Å². The summed E-state index contributed by atoms with van der Waals surface area (Å²) in [5.74, 6) is 0.0981. The topological polar surface area (TPSA) is 88.5 Å². The summed E-state index contributed by atoms with van der Waals surface area (Å²) in [6.07, 6.45) is 3.91. The molecule has 1 heterocycles. The van der Waals surface area contributed by atoms with Gasteiger partial charge in [-0.05, 0) is 68.9 Å². The number of aromatic nitrogens is 1. The van der Waals surface area contributed by atoms with E-state index in [1.807, 2.05) is 13.1 Å². The third-order valence-corrected chi connectivity index (χ3v) is 12.1. The third kappa shape index (κ3) is 15.5. The van der Waals surface area contributed by atoms with Crippen LogP contribution in [0.25, 0.3) is 0 Å². The Hall–Kier alpha value is -1.56. The molecular weight excluding hydrogens is 540 g/mol. The maximum absolute atomic E-state index is 12.8. The van der Waals surface area contributed by atoms with Crippen LogP contribution in [-0.4, -0.2) is 96.7 Å². The van der Waals surface area contributed by atoms with Crippen LogP contribution in [0.3, 0.4) is 0 Å². The maximum Gasteiger partial charge on any atom is 0.329 e. The molecule has 0 saturated heterocycles. The number of ether oxygens (including phenoxy) is 4. The lowest BCUT2D eigenvalue weighted by atomic mass is 10.0. The van der Waals surface area contributed by atoms with Gasteiger partial charge in [0.25, 0.3) is 5.56 Å². The zero-order chi connectivity index (χ0) is 30.9. The summed E-state index contributed by atoms with van der Waals surface area (Å²) in [5.41, 5.74) is 0.785. The van der Waals surface area contributed by atoms with E-state index in [4.69, 9.17) is 23.4 Å². The molecule has 0 aliphatic carbocycles. The number of carbonyl (C=O) groups is 1. The fourth-order valence-corrected chi connectivity index (χ4v) is 4.84. The van der Waals surface area contributed by atoms with Crippen molar-refractivity contribution in [3.8, 4) is 0 Å². The molecule has 0 aromatic carbocycles. The lowest BCUT2D eigenvalue weighted by molar-refractivity contribution is -0.147. The van der Waals surface area contributed by atoms with Crippen LogP contribution in [0.5, 0.6) is 0 Å². The monoisotopic (exact) mass is 598 g/mol. The normalized spacial score (nSPS) is 13.2. The first-order valence-corrected chi connectivity index (χ1v) is 18.1. The van der Waals surface area contributed by atoms with Crippen molar-refractivity contribution < 1.29 is 28.2 Å². The Morgan fingerprint density at radius 3 is 2.07 bits per heavy atom. The molecule has 9 nitrogen and oxygen atoms in total. The number of hydrogen-bond acceptors (Lipinski definition) is 8. The second kappa shape index (κ2) is 19.6. The highest BCUT2D eigenvalue weighted by atomic mass is 28.4. The summed E-state index contributed by atoms with van der Waals surface area (Å²) in [4.78, 5) is 27.5. The smallest absolute Gasteiger partial charge is 0.329 e. The van der Waals surface area contributed by atoms with Gasteiger partial charge < -0.3 is 32.8 Å². The summed E-state index contributed by atoms with van der Waals surface area (Å²) in [7, 11) is 0.329. The number of hydrogen-bond donors (Lipinski definition) is 0. The average molecular weight is 599 g/mol. The van der Waals surface area contributed by atoms with Gasteiger partial charge in [0.05, 0.1) is 52.9 Å². The average Bonchev–Trinajstić information content (AvgIpc) is 2.88. The number of rotatable bonds is 22. The van der Waals surface area contributed by atoms with Crippen LogP contribution in [0.2, 0.25) is 18.1 Å². The van der Waals surface area contributed by atoms with Crippen LogP contribution in [0.15, 0.2) is 23.1 Å². The molecule has 1 aromatic rings. The highest BCUT2D eigenvalue weighted by Gasteiger charge is 2.36. The lowest BCUT2D eigenvalue weighted by Crippen LogP contribution is -2.41. The molecule has 41 heavy (non-hydrogen) atoms. The second-order valence-corrected chi connectivity index (χ2v) is 17.3. The van der Waals surface area contributed by atoms with E-state index in [1.165, 1.54) is 4.57 Å². The first-order chi connectivity index (χ1) is 19.3. The van der Waals surface area contributed by atoms with Gasteiger partial charge in [0.1, 0.15) is 6.04 Å². The Bertz CT molecular complexity index is 914. The van der Waals surface area contributed by atoms with Crippen molar-refractivity contribution >= 4 is 14.3 Å². The van der Waals surface area contributed by atoms with E-state index in [-0.39, 0.29) is 16.6 Å². The molecule has 0 bridgehead atoms. The Kier molecular flexibility index (Phi) is 17.9. The summed E-state index contributed by atoms with van der Waals surface area (Å²) in [6, 6.07) is 2.98. The van der Waals surface area contributed by atoms with Crippen molar-refractivity contribution in [3.63, 3.8) is 0 Å². The minimum atomic E-state index is -1.71. The van der Waals surface area contributed by atoms with Gasteiger partial charge in [-0.3, -0.25) is 4.79 Å². The molecule has 0 radical (unpaired) electrons. The van der Waals surface area contributed by atoms with Crippen molar-refractivity contribution in [2.24, 2.45) is 5.92 Å². The van der Waals surface area contributed by atoms with E-state index in [9.17, 15) is 9.59 Å². The molecule has 1 rings (SSSR count). The first-order valence-electron chi connectivity index (χ1n) is 15.2. The number of carbonyl (C=O) groups excluding carboxylic acids is 1. The van der Waals surface area contributed by atoms with Crippen molar-refractivity contribution in [1.29, 1.82) is 0 Å². The van der Waals surface area contributed by atoms with Crippen LogP contribution >= 0.6 is 0 Å². The maximum atomic E-state index is 12.8. The first kappa shape index (κ1) is 37.5. The fourth-order valence-electron chi connectivity index (χ4n) is 3.81. The number of esters is 1. The third-order valence-electron chi connectivity index (χ3n) is 7.56. The molecule has 0 amide bonds. The fraction of sp³-hybridized carbons (Fsp3) is 0.806. The minimum Gasteiger partial charge on any atom is -0.464 e. The van der Waals surface area contributed by atoms with Crippen LogP contribution < -0.4 is 5.56 Å². The summed E-state index contributed by atoms with van der Waals surface area (Å²) >= 11 is 0. The largest absolute Gasteiger partial charge is 0.464 e. The molecule has 1 unspecified atom stereocenters. The standard InChI is InChI=1S/C31H58N2O7Si/c1-10-39-30(35)28(12-11-26(2)3)33-16-14-27(25-29(33)34)13-15-32(7)17-18-36-19-20-37-21-22-38-23-24-40-41(8,9)31(4,5)6/h14,16,25-26,28H,10-13,15,17-24H2,1-9H3. The molecule has 1 aromatic heterocycles. The van der Waals surface area contributed by atoms with Crippen molar-refractivity contribution in [2.75, 3.05) is 73.0 Å². The molecule has 238 valence electrons. The highest BCUT2D eigenvalue weighted by Crippen LogP contribution is 2.36. The van der Waals surface area contributed by atoms with Gasteiger partial charge in [-0.15, -0.1) is 0 Å². The Morgan fingerprint density at radius 1 is 0.951 bits per heavy atom. The Morgan fingerprint density at radius 2 is 1.54 bits per heavy atom. The Labute approximate surface area is 250 Å². The van der Waals surface area contributed by atoms with Crippen LogP contribution in [0.4, 0.5) is 0 Å². The van der Waals surface area contributed by atoms with Gasteiger partial charge in [0, 0.05) is 25.4 Å². The molecule has 0 fully saturated rings. The Balaban J connectivity index is 2.22. The van der Waals surface area contributed by atoms with Gasteiger partial charge in [0.15, 0.2) is 8.32 Å². The second-order valence-electron chi connectivity index (χ2n) is 12.5. The molecule has 0 saturated carbocycles. The number of likely N-dealkylation sites (N-methyl/N-ethyl adjacent to an activating group) is 1. The molecule has 0 spiro atoms. The van der Waals surface area contributed by atoms with Crippen LogP contribution in [-0.2, 0) is 34.6 Å². The van der Waals surface area contributed by atoms with E-state index < -0.39 is 14.4 Å². The zero-order valence-corrected chi connectivity index (χ0v) is 28.3. The molecule has 1 atom stereocenters. The summed E-state index contributed by atoms with van der Waals surface area (Å²) < 4.78 is 29.7. The van der Waals surface area contributed by atoms with Gasteiger partial charge >= 0.3 is 5.97 Å². The lowest BCUT2D eigenvalue weighted by Gasteiger charge is -2.36. The van der Waals surface area contributed by atoms with Crippen molar-refractivity contribution in [3.05, 3.63) is 34.2 Å². The van der Waals surface area contributed by atoms with Gasteiger partial charge in [-0.25, -0.2) is 4.79 Å². The van der Waals surface area contributed by atoms with E-state index in [2.05, 4.69) is 52.6 Å². The quantitative estimate of drug-likeness (QED) is 0.105. The zero-order valence-electron chi connectivity index (χ0n) is 27.3. The molecule has 0 aliphatic heterocycles. The van der Waals surface area contributed by atoms with E-state index in [1.54, 1.807) is 19.2 Å². The number of nitrogens with zero attached hydrogens (tertiary/aromatic N) is 2. The van der Waals surface area contributed by atoms with E-state index >= 15 is 0 Å². The van der Waals surface area contributed by atoms with E-state index in [0.29, 0.717) is 65.2 Å². The molecule has 0 N–H and O–H groups in total. The van der Waals surface area contributed by atoms with Gasteiger partial charge in [-0.1, -0.05) is 34.6 Å². The SMILES string of the molecule is CCOC(=O)C(CCC(C)C)n1ccc(CCN(C)CCOCCOCCOCCO[Si](C)(C)C(C)(C)C)cc1=O. The van der Waals surface area contributed by atoms with Gasteiger partial charge in [0.2, 0.25) is 0 Å². The highest BCUT2D eigenvalue weighted by molar-refractivity contribution is 6.74. The molecule has 10 heteroatoms. The summed E-state index contributed by atoms with van der Waals surface area (Å²) in [6.45, 7) is 23.1. The van der Waals surface area contributed by atoms with Crippen LogP contribution in [0.1, 0.15) is 66.0 Å². The molecular formula is C31H58N2O7Si.